The summed E-state index contributed by atoms with van der Waals surface area (Å²) >= 11 is 1.61. The van der Waals surface area contributed by atoms with E-state index in [0.717, 1.165) is 11.4 Å². The van der Waals surface area contributed by atoms with Gasteiger partial charge in [-0.15, -0.1) is 11.3 Å². The summed E-state index contributed by atoms with van der Waals surface area (Å²) in [4.78, 5) is 4.18. The molecule has 13 heavy (non-hydrogen) atoms. The third kappa shape index (κ3) is 2.78. The Morgan fingerprint density at radius 2 is 2.38 bits per heavy atom. The normalized spacial score (nSPS) is 18.2. The highest BCUT2D eigenvalue weighted by molar-refractivity contribution is 7.09. The number of hydrogen-bond donors (Lipinski definition) is 1. The third-order valence-corrected chi connectivity index (χ3v) is 3.45. The van der Waals surface area contributed by atoms with Crippen LogP contribution in [0.3, 0.4) is 0 Å². The molecule has 1 aromatic rings. The van der Waals surface area contributed by atoms with Crippen LogP contribution in [0.1, 0.15) is 32.2 Å². The van der Waals surface area contributed by atoms with Gasteiger partial charge in [-0.3, -0.25) is 0 Å². The highest BCUT2D eigenvalue weighted by Gasteiger charge is 2.27. The molecule has 3 heteroatoms. The van der Waals surface area contributed by atoms with Crippen molar-refractivity contribution in [2.24, 2.45) is 5.92 Å². The average Bonchev–Trinajstić information content (AvgIpc) is 2.54. The third-order valence-electron chi connectivity index (χ3n) is 2.67. The van der Waals surface area contributed by atoms with Crippen LogP contribution >= 0.6 is 11.3 Å². The van der Waals surface area contributed by atoms with Gasteiger partial charge in [-0.2, -0.15) is 0 Å². The molecule has 1 heterocycles. The SMILES string of the molecule is CCC(C)C(C)(O)Cc1nccs1. The highest BCUT2D eigenvalue weighted by atomic mass is 32.1. The molecule has 0 radical (unpaired) electrons. The fourth-order valence-electron chi connectivity index (χ4n) is 1.26. The molecule has 0 bridgehead atoms. The number of rotatable bonds is 4. The molecule has 0 aromatic carbocycles. The maximum Gasteiger partial charge on any atom is 0.0953 e. The molecule has 2 atom stereocenters. The molecule has 2 unspecified atom stereocenters. The maximum absolute atomic E-state index is 10.1. The van der Waals surface area contributed by atoms with E-state index in [-0.39, 0.29) is 0 Å². The summed E-state index contributed by atoms with van der Waals surface area (Å²) in [6, 6.07) is 0. The lowest BCUT2D eigenvalue weighted by molar-refractivity contribution is 0.00513. The predicted octanol–water partition coefficient (Wildman–Crippen LogP) is 2.48. The topological polar surface area (TPSA) is 33.1 Å². The summed E-state index contributed by atoms with van der Waals surface area (Å²) in [5, 5.41) is 13.1. The Balaban J connectivity index is 2.61. The smallest absolute Gasteiger partial charge is 0.0953 e. The molecule has 0 saturated carbocycles. The second-order valence-corrected chi connectivity index (χ2v) is 4.75. The minimum absolute atomic E-state index is 0.316. The summed E-state index contributed by atoms with van der Waals surface area (Å²) in [5.41, 5.74) is -0.618. The Morgan fingerprint density at radius 1 is 1.69 bits per heavy atom. The first-order chi connectivity index (χ1) is 6.06. The molecule has 74 valence electrons. The molecule has 0 aliphatic rings. The molecule has 0 spiro atoms. The Labute approximate surface area is 83.6 Å². The Kier molecular flexibility index (Phi) is 3.45. The van der Waals surface area contributed by atoms with Crippen molar-refractivity contribution in [1.82, 2.24) is 4.98 Å². The van der Waals surface area contributed by atoms with Crippen LogP contribution in [0.4, 0.5) is 0 Å². The first kappa shape index (κ1) is 10.7. The van der Waals surface area contributed by atoms with E-state index in [0.29, 0.717) is 12.3 Å². The lowest BCUT2D eigenvalue weighted by Gasteiger charge is -2.28. The molecule has 0 aliphatic carbocycles. The standard InChI is InChI=1S/C10H17NOS/c1-4-8(2)10(3,12)7-9-11-5-6-13-9/h5-6,8,12H,4,7H2,1-3H3. The molecule has 1 rings (SSSR count). The van der Waals surface area contributed by atoms with Gasteiger partial charge in [0.05, 0.1) is 10.6 Å². The second kappa shape index (κ2) is 4.20. The molecular weight excluding hydrogens is 182 g/mol. The summed E-state index contributed by atoms with van der Waals surface area (Å²) < 4.78 is 0. The maximum atomic E-state index is 10.1. The van der Waals surface area contributed by atoms with Crippen molar-refractivity contribution in [3.63, 3.8) is 0 Å². The van der Waals surface area contributed by atoms with Gasteiger partial charge in [0.1, 0.15) is 0 Å². The summed E-state index contributed by atoms with van der Waals surface area (Å²) in [5.74, 6) is 0.316. The largest absolute Gasteiger partial charge is 0.389 e. The number of hydrogen-bond acceptors (Lipinski definition) is 3. The van der Waals surface area contributed by atoms with Gasteiger partial charge in [0.2, 0.25) is 0 Å². The zero-order valence-electron chi connectivity index (χ0n) is 8.45. The van der Waals surface area contributed by atoms with Gasteiger partial charge in [-0.1, -0.05) is 20.3 Å². The zero-order chi connectivity index (χ0) is 9.90. The van der Waals surface area contributed by atoms with Crippen molar-refractivity contribution in [1.29, 1.82) is 0 Å². The minimum Gasteiger partial charge on any atom is -0.389 e. The van der Waals surface area contributed by atoms with Crippen molar-refractivity contribution in [2.45, 2.75) is 39.2 Å². The minimum atomic E-state index is -0.618. The van der Waals surface area contributed by atoms with Crippen molar-refractivity contribution in [3.8, 4) is 0 Å². The quantitative estimate of drug-likeness (QED) is 0.808. The average molecular weight is 199 g/mol. The van der Waals surface area contributed by atoms with Crippen LogP contribution in [0.2, 0.25) is 0 Å². The van der Waals surface area contributed by atoms with Crippen LogP contribution < -0.4 is 0 Å². The first-order valence-corrected chi connectivity index (χ1v) is 5.55. The molecule has 1 N–H and O–H groups in total. The molecule has 2 nitrogen and oxygen atoms in total. The lowest BCUT2D eigenvalue weighted by atomic mass is 9.86. The van der Waals surface area contributed by atoms with Crippen molar-refractivity contribution < 1.29 is 5.11 Å². The van der Waals surface area contributed by atoms with Crippen LogP contribution in [0.25, 0.3) is 0 Å². The monoisotopic (exact) mass is 199 g/mol. The summed E-state index contributed by atoms with van der Waals surface area (Å²) in [7, 11) is 0. The van der Waals surface area contributed by atoms with E-state index in [4.69, 9.17) is 0 Å². The van der Waals surface area contributed by atoms with Gasteiger partial charge in [0, 0.05) is 18.0 Å². The highest BCUT2D eigenvalue weighted by Crippen LogP contribution is 2.25. The van der Waals surface area contributed by atoms with Gasteiger partial charge < -0.3 is 5.11 Å². The molecule has 0 aliphatic heterocycles. The van der Waals surface area contributed by atoms with Crippen molar-refractivity contribution >= 4 is 11.3 Å². The van der Waals surface area contributed by atoms with E-state index in [1.54, 1.807) is 17.5 Å². The van der Waals surface area contributed by atoms with Gasteiger partial charge in [-0.05, 0) is 12.8 Å². The number of thiazole rings is 1. The van der Waals surface area contributed by atoms with E-state index in [9.17, 15) is 5.11 Å². The van der Waals surface area contributed by atoms with Gasteiger partial charge in [-0.25, -0.2) is 4.98 Å². The summed E-state index contributed by atoms with van der Waals surface area (Å²) in [6.45, 7) is 6.07. The van der Waals surface area contributed by atoms with E-state index < -0.39 is 5.60 Å². The summed E-state index contributed by atoms with van der Waals surface area (Å²) in [6.07, 6.45) is 3.45. The van der Waals surface area contributed by atoms with Crippen LogP contribution in [0.5, 0.6) is 0 Å². The fourth-order valence-corrected chi connectivity index (χ4v) is 2.04. The second-order valence-electron chi connectivity index (χ2n) is 3.77. The lowest BCUT2D eigenvalue weighted by Crippen LogP contribution is -2.34. The Bertz CT molecular complexity index is 243. The predicted molar refractivity (Wildman–Crippen MR) is 55.9 cm³/mol. The Hall–Kier alpha value is -0.410. The van der Waals surface area contributed by atoms with Crippen LogP contribution in [0, 0.1) is 5.92 Å². The van der Waals surface area contributed by atoms with Gasteiger partial charge in [0.25, 0.3) is 0 Å². The molecular formula is C10H17NOS. The van der Waals surface area contributed by atoms with Crippen LogP contribution in [0.15, 0.2) is 11.6 Å². The van der Waals surface area contributed by atoms with E-state index >= 15 is 0 Å². The van der Waals surface area contributed by atoms with Crippen LogP contribution in [-0.4, -0.2) is 15.7 Å². The van der Waals surface area contributed by atoms with Crippen molar-refractivity contribution in [3.05, 3.63) is 16.6 Å². The van der Waals surface area contributed by atoms with E-state index in [1.807, 2.05) is 12.3 Å². The van der Waals surface area contributed by atoms with Crippen molar-refractivity contribution in [2.75, 3.05) is 0 Å². The van der Waals surface area contributed by atoms with E-state index in [2.05, 4.69) is 18.8 Å². The van der Waals surface area contributed by atoms with E-state index in [1.165, 1.54) is 0 Å². The molecule has 0 saturated heterocycles. The first-order valence-electron chi connectivity index (χ1n) is 4.67. The molecule has 1 aromatic heterocycles. The molecule has 0 amide bonds. The number of aromatic nitrogens is 1. The van der Waals surface area contributed by atoms with Crippen LogP contribution in [-0.2, 0) is 6.42 Å². The fraction of sp³-hybridized carbons (Fsp3) is 0.700. The zero-order valence-corrected chi connectivity index (χ0v) is 9.27. The Morgan fingerprint density at radius 3 is 2.85 bits per heavy atom. The van der Waals surface area contributed by atoms with Gasteiger partial charge >= 0.3 is 0 Å². The number of aliphatic hydroxyl groups is 1. The number of nitrogens with zero attached hydrogens (tertiary/aromatic N) is 1. The molecule has 0 fully saturated rings. The van der Waals surface area contributed by atoms with Gasteiger partial charge in [0.15, 0.2) is 0 Å².